The molecule has 20 heavy (non-hydrogen) atoms. The maximum Gasteiger partial charge on any atom is 0.176 e. The number of nitrogens with one attached hydrogen (secondary N) is 1. The SMILES string of the molecule is CCOc1ccc(C(=O)CNCCCOC(C)C)cc1. The van der Waals surface area contributed by atoms with Crippen molar-refractivity contribution in [1.29, 1.82) is 0 Å². The van der Waals surface area contributed by atoms with Gasteiger partial charge >= 0.3 is 0 Å². The molecule has 0 saturated heterocycles. The Balaban J connectivity index is 2.22. The van der Waals surface area contributed by atoms with Crippen LogP contribution in [-0.4, -0.2) is 38.2 Å². The molecule has 0 aliphatic rings. The van der Waals surface area contributed by atoms with E-state index in [0.29, 0.717) is 18.7 Å². The fourth-order valence-corrected chi connectivity index (χ4v) is 1.72. The molecule has 4 heteroatoms. The first kappa shape index (κ1) is 16.7. The van der Waals surface area contributed by atoms with Crippen molar-refractivity contribution in [2.45, 2.75) is 33.3 Å². The summed E-state index contributed by atoms with van der Waals surface area (Å²) in [4.78, 5) is 11.9. The summed E-state index contributed by atoms with van der Waals surface area (Å²) in [6, 6.07) is 7.26. The van der Waals surface area contributed by atoms with Crippen molar-refractivity contribution in [2.24, 2.45) is 0 Å². The number of rotatable bonds is 10. The molecule has 0 radical (unpaired) electrons. The summed E-state index contributed by atoms with van der Waals surface area (Å²) in [5.74, 6) is 0.890. The van der Waals surface area contributed by atoms with Gasteiger partial charge in [-0.05, 0) is 58.0 Å². The first-order valence-corrected chi connectivity index (χ1v) is 7.22. The molecule has 0 bridgehead atoms. The molecule has 1 N–H and O–H groups in total. The maximum absolute atomic E-state index is 11.9. The smallest absolute Gasteiger partial charge is 0.176 e. The normalized spacial score (nSPS) is 10.8. The van der Waals surface area contributed by atoms with Crippen LogP contribution in [0.3, 0.4) is 0 Å². The molecule has 112 valence electrons. The molecule has 1 rings (SSSR count). The van der Waals surface area contributed by atoms with Crippen LogP contribution in [-0.2, 0) is 4.74 Å². The summed E-state index contributed by atoms with van der Waals surface area (Å²) in [7, 11) is 0. The third-order valence-corrected chi connectivity index (χ3v) is 2.72. The van der Waals surface area contributed by atoms with Crippen LogP contribution in [0, 0.1) is 0 Å². The number of hydrogen-bond acceptors (Lipinski definition) is 4. The van der Waals surface area contributed by atoms with Crippen molar-refractivity contribution in [1.82, 2.24) is 5.32 Å². The molecule has 0 heterocycles. The van der Waals surface area contributed by atoms with Gasteiger partial charge in [-0.1, -0.05) is 0 Å². The van der Waals surface area contributed by atoms with E-state index in [-0.39, 0.29) is 11.9 Å². The Morgan fingerprint density at radius 2 is 1.95 bits per heavy atom. The average Bonchev–Trinajstić information content (AvgIpc) is 2.43. The minimum atomic E-state index is 0.0952. The third-order valence-electron chi connectivity index (χ3n) is 2.72. The summed E-state index contributed by atoms with van der Waals surface area (Å²) >= 11 is 0. The summed E-state index contributed by atoms with van der Waals surface area (Å²) in [6.45, 7) is 8.47. The van der Waals surface area contributed by atoms with Crippen molar-refractivity contribution in [3.63, 3.8) is 0 Å². The standard InChI is InChI=1S/C16H25NO3/c1-4-19-15-8-6-14(7-9-15)16(18)12-17-10-5-11-20-13(2)3/h6-9,13,17H,4-5,10-12H2,1-3H3. The van der Waals surface area contributed by atoms with E-state index >= 15 is 0 Å². The van der Waals surface area contributed by atoms with Gasteiger partial charge in [0.1, 0.15) is 5.75 Å². The van der Waals surface area contributed by atoms with Gasteiger partial charge in [0.15, 0.2) is 5.78 Å². The highest BCUT2D eigenvalue weighted by Gasteiger charge is 2.05. The second-order valence-electron chi connectivity index (χ2n) is 4.83. The number of ether oxygens (including phenoxy) is 2. The summed E-state index contributed by atoms with van der Waals surface area (Å²) in [5, 5.41) is 3.14. The van der Waals surface area contributed by atoms with Crippen molar-refractivity contribution in [3.8, 4) is 5.75 Å². The van der Waals surface area contributed by atoms with Gasteiger partial charge in [-0.2, -0.15) is 0 Å². The molecule has 0 atom stereocenters. The van der Waals surface area contributed by atoms with Gasteiger partial charge in [-0.3, -0.25) is 4.79 Å². The topological polar surface area (TPSA) is 47.6 Å². The quantitative estimate of drug-likeness (QED) is 0.528. The van der Waals surface area contributed by atoms with Crippen LogP contribution < -0.4 is 10.1 Å². The predicted octanol–water partition coefficient (Wildman–Crippen LogP) is 2.67. The van der Waals surface area contributed by atoms with Crippen molar-refractivity contribution < 1.29 is 14.3 Å². The molecule has 0 spiro atoms. The number of hydrogen-bond donors (Lipinski definition) is 1. The highest BCUT2D eigenvalue weighted by atomic mass is 16.5. The highest BCUT2D eigenvalue weighted by Crippen LogP contribution is 2.12. The van der Waals surface area contributed by atoms with Gasteiger partial charge < -0.3 is 14.8 Å². The Hall–Kier alpha value is -1.39. The summed E-state index contributed by atoms with van der Waals surface area (Å²) < 4.78 is 10.8. The average molecular weight is 279 g/mol. The first-order valence-electron chi connectivity index (χ1n) is 7.22. The van der Waals surface area contributed by atoms with E-state index in [4.69, 9.17) is 9.47 Å². The number of carbonyl (C=O) groups excluding carboxylic acids is 1. The van der Waals surface area contributed by atoms with Crippen molar-refractivity contribution in [3.05, 3.63) is 29.8 Å². The largest absolute Gasteiger partial charge is 0.494 e. The fraction of sp³-hybridized carbons (Fsp3) is 0.562. The Morgan fingerprint density at radius 3 is 2.55 bits per heavy atom. The Labute approximate surface area is 121 Å². The molecule has 1 aromatic rings. The molecule has 0 fully saturated rings. The van der Waals surface area contributed by atoms with Gasteiger partial charge in [-0.15, -0.1) is 0 Å². The van der Waals surface area contributed by atoms with Crippen LogP contribution >= 0.6 is 0 Å². The van der Waals surface area contributed by atoms with Crippen LogP contribution in [0.5, 0.6) is 5.75 Å². The lowest BCUT2D eigenvalue weighted by Gasteiger charge is -2.08. The van der Waals surface area contributed by atoms with Gasteiger partial charge in [0, 0.05) is 12.2 Å². The minimum Gasteiger partial charge on any atom is -0.494 e. The molecule has 1 aromatic carbocycles. The van der Waals surface area contributed by atoms with E-state index in [1.807, 2.05) is 32.9 Å². The van der Waals surface area contributed by atoms with E-state index in [0.717, 1.165) is 25.3 Å². The Morgan fingerprint density at radius 1 is 1.25 bits per heavy atom. The molecule has 0 saturated carbocycles. The van der Waals surface area contributed by atoms with Crippen LogP contribution in [0.4, 0.5) is 0 Å². The highest BCUT2D eigenvalue weighted by molar-refractivity contribution is 5.97. The van der Waals surface area contributed by atoms with Gasteiger partial charge in [0.2, 0.25) is 0 Å². The zero-order valence-corrected chi connectivity index (χ0v) is 12.6. The fourth-order valence-electron chi connectivity index (χ4n) is 1.72. The summed E-state index contributed by atoms with van der Waals surface area (Å²) in [6.07, 6.45) is 1.18. The van der Waals surface area contributed by atoms with Gasteiger partial charge in [-0.25, -0.2) is 0 Å². The molecule has 0 unspecified atom stereocenters. The van der Waals surface area contributed by atoms with Crippen molar-refractivity contribution in [2.75, 3.05) is 26.3 Å². The predicted molar refractivity (Wildman–Crippen MR) is 80.5 cm³/mol. The Bertz CT molecular complexity index is 387. The number of Topliss-reactive ketones (excluding diaryl/α,β-unsaturated/α-hetero) is 1. The molecule has 0 amide bonds. The van der Waals surface area contributed by atoms with E-state index in [9.17, 15) is 4.79 Å². The zero-order valence-electron chi connectivity index (χ0n) is 12.6. The number of carbonyl (C=O) groups is 1. The molecule has 0 aliphatic heterocycles. The van der Waals surface area contributed by atoms with Crippen LogP contribution in [0.1, 0.15) is 37.6 Å². The number of ketones is 1. The van der Waals surface area contributed by atoms with Gasteiger partial charge in [0.05, 0.1) is 19.3 Å². The van der Waals surface area contributed by atoms with Crippen LogP contribution in [0.2, 0.25) is 0 Å². The van der Waals surface area contributed by atoms with E-state index < -0.39 is 0 Å². The van der Waals surface area contributed by atoms with E-state index in [1.165, 1.54) is 0 Å². The lowest BCUT2D eigenvalue weighted by Crippen LogP contribution is -2.25. The summed E-state index contributed by atoms with van der Waals surface area (Å²) in [5.41, 5.74) is 0.708. The lowest BCUT2D eigenvalue weighted by molar-refractivity contribution is 0.0767. The van der Waals surface area contributed by atoms with Crippen LogP contribution in [0.15, 0.2) is 24.3 Å². The van der Waals surface area contributed by atoms with Gasteiger partial charge in [0.25, 0.3) is 0 Å². The maximum atomic E-state index is 11.9. The van der Waals surface area contributed by atoms with Crippen LogP contribution in [0.25, 0.3) is 0 Å². The van der Waals surface area contributed by atoms with E-state index in [2.05, 4.69) is 5.32 Å². The lowest BCUT2D eigenvalue weighted by atomic mass is 10.1. The minimum absolute atomic E-state index is 0.0952. The Kier molecular flexibility index (Phi) is 7.92. The first-order chi connectivity index (χ1) is 9.63. The molecule has 0 aliphatic carbocycles. The molecule has 4 nitrogen and oxygen atoms in total. The van der Waals surface area contributed by atoms with Crippen molar-refractivity contribution >= 4 is 5.78 Å². The molecular weight excluding hydrogens is 254 g/mol. The monoisotopic (exact) mass is 279 g/mol. The second kappa shape index (κ2) is 9.50. The number of benzene rings is 1. The zero-order chi connectivity index (χ0) is 14.8. The molecular formula is C16H25NO3. The second-order valence-corrected chi connectivity index (χ2v) is 4.83. The van der Waals surface area contributed by atoms with E-state index in [1.54, 1.807) is 12.1 Å². The third kappa shape index (κ3) is 6.68. The molecule has 0 aromatic heterocycles.